The van der Waals surface area contributed by atoms with Gasteiger partial charge in [0.05, 0.1) is 12.8 Å². The van der Waals surface area contributed by atoms with Crippen molar-refractivity contribution in [3.8, 4) is 5.75 Å². The summed E-state index contributed by atoms with van der Waals surface area (Å²) < 4.78 is 7.96. The third-order valence-corrected chi connectivity index (χ3v) is 5.19. The Hall–Kier alpha value is -3.60. The van der Waals surface area contributed by atoms with Crippen molar-refractivity contribution in [3.05, 3.63) is 77.9 Å². The lowest BCUT2D eigenvalue weighted by Gasteiger charge is -2.08. The second kappa shape index (κ2) is 9.04. The number of para-hydroxylation sites is 1. The van der Waals surface area contributed by atoms with Crippen molar-refractivity contribution in [2.24, 2.45) is 11.0 Å². The molecule has 3 aromatic carbocycles. The number of hydrazone groups is 1. The lowest BCUT2D eigenvalue weighted by molar-refractivity contribution is 0.0955. The van der Waals surface area contributed by atoms with Gasteiger partial charge in [0.2, 0.25) is 0 Å². The molecule has 31 heavy (non-hydrogen) atoms. The zero-order valence-corrected chi connectivity index (χ0v) is 18.1. The Kier molecular flexibility index (Phi) is 6.03. The number of ether oxygens (including phenoxy) is 1. The first-order valence-corrected chi connectivity index (χ1v) is 10.6. The van der Waals surface area contributed by atoms with E-state index in [4.69, 9.17) is 4.74 Å². The van der Waals surface area contributed by atoms with Crippen molar-refractivity contribution >= 4 is 33.9 Å². The summed E-state index contributed by atoms with van der Waals surface area (Å²) in [5, 5.41) is 6.56. The summed E-state index contributed by atoms with van der Waals surface area (Å²) in [5.41, 5.74) is 6.50. The normalized spacial score (nSPS) is 11.6. The maximum atomic E-state index is 12.4. The monoisotopic (exact) mass is 413 g/mol. The molecule has 5 heteroatoms. The number of rotatable bonds is 7. The number of hydrogen-bond acceptors (Lipinski definition) is 3. The minimum atomic E-state index is -0.254. The summed E-state index contributed by atoms with van der Waals surface area (Å²) in [6.45, 7) is 7.91. The number of aromatic nitrogens is 1. The lowest BCUT2D eigenvalue weighted by Crippen LogP contribution is -2.17. The van der Waals surface area contributed by atoms with Gasteiger partial charge in [-0.1, -0.05) is 38.1 Å². The van der Waals surface area contributed by atoms with Gasteiger partial charge in [0.1, 0.15) is 5.75 Å². The molecule has 0 unspecified atom stereocenters. The predicted molar refractivity (Wildman–Crippen MR) is 127 cm³/mol. The van der Waals surface area contributed by atoms with Crippen LogP contribution in [0.5, 0.6) is 5.75 Å². The lowest BCUT2D eigenvalue weighted by atomic mass is 10.1. The van der Waals surface area contributed by atoms with Crippen LogP contribution in [0.2, 0.25) is 0 Å². The number of carbonyl (C=O) groups excluding carboxylic acids is 1. The average molecular weight is 414 g/mol. The van der Waals surface area contributed by atoms with Gasteiger partial charge in [-0.3, -0.25) is 4.79 Å². The van der Waals surface area contributed by atoms with Crippen LogP contribution in [0.3, 0.4) is 0 Å². The van der Waals surface area contributed by atoms with Crippen molar-refractivity contribution in [2.75, 3.05) is 6.61 Å². The Balaban J connectivity index is 1.47. The smallest absolute Gasteiger partial charge is 0.271 e. The summed E-state index contributed by atoms with van der Waals surface area (Å²) in [7, 11) is 0. The Morgan fingerprint density at radius 3 is 2.52 bits per heavy atom. The summed E-state index contributed by atoms with van der Waals surface area (Å²) in [6, 6.07) is 21.7. The van der Waals surface area contributed by atoms with Crippen LogP contribution in [0, 0.1) is 5.92 Å². The van der Waals surface area contributed by atoms with Crippen molar-refractivity contribution < 1.29 is 9.53 Å². The molecule has 1 aromatic heterocycles. The number of benzene rings is 3. The van der Waals surface area contributed by atoms with Crippen LogP contribution < -0.4 is 10.2 Å². The van der Waals surface area contributed by atoms with E-state index in [9.17, 15) is 4.79 Å². The quantitative estimate of drug-likeness (QED) is 0.316. The van der Waals surface area contributed by atoms with Gasteiger partial charge in [-0.15, -0.1) is 0 Å². The van der Waals surface area contributed by atoms with E-state index in [0.717, 1.165) is 17.9 Å². The molecule has 0 saturated carbocycles. The number of hydrogen-bond donors (Lipinski definition) is 1. The molecule has 0 radical (unpaired) electrons. The number of carbonyl (C=O) groups is 1. The standard InChI is InChI=1S/C26H27N3O2/c1-4-29-24-8-6-5-7-22(24)23-15-19(9-14-25(23)29)16-27-28-26(30)20-10-12-21(13-11-20)31-17-18(2)3/h5-16,18H,4,17H2,1-3H3,(H,28,30)/b27-16+. The second-order valence-electron chi connectivity index (χ2n) is 7.97. The highest BCUT2D eigenvalue weighted by Gasteiger charge is 2.09. The van der Waals surface area contributed by atoms with Crippen molar-refractivity contribution in [3.63, 3.8) is 0 Å². The fraction of sp³-hybridized carbons (Fsp3) is 0.231. The van der Waals surface area contributed by atoms with Crippen molar-refractivity contribution in [1.82, 2.24) is 9.99 Å². The molecule has 1 heterocycles. The topological polar surface area (TPSA) is 55.6 Å². The highest BCUT2D eigenvalue weighted by molar-refractivity contribution is 6.09. The maximum Gasteiger partial charge on any atom is 0.271 e. The van der Waals surface area contributed by atoms with E-state index in [1.165, 1.54) is 21.8 Å². The van der Waals surface area contributed by atoms with E-state index < -0.39 is 0 Å². The van der Waals surface area contributed by atoms with Crippen LogP contribution >= 0.6 is 0 Å². The van der Waals surface area contributed by atoms with Crippen molar-refractivity contribution in [2.45, 2.75) is 27.3 Å². The van der Waals surface area contributed by atoms with Gasteiger partial charge < -0.3 is 9.30 Å². The predicted octanol–water partition coefficient (Wildman–Crippen LogP) is 5.61. The molecule has 0 aliphatic rings. The van der Waals surface area contributed by atoms with Gasteiger partial charge in [-0.2, -0.15) is 5.10 Å². The number of nitrogens with zero attached hydrogens (tertiary/aromatic N) is 2. The third kappa shape index (κ3) is 4.45. The zero-order valence-electron chi connectivity index (χ0n) is 18.1. The first-order valence-electron chi connectivity index (χ1n) is 10.6. The molecule has 5 nitrogen and oxygen atoms in total. The summed E-state index contributed by atoms with van der Waals surface area (Å²) in [5.74, 6) is 0.957. The fourth-order valence-electron chi connectivity index (χ4n) is 3.69. The number of nitrogens with one attached hydrogen (secondary N) is 1. The number of fused-ring (bicyclic) bond motifs is 3. The molecule has 0 atom stereocenters. The summed E-state index contributed by atoms with van der Waals surface area (Å²) in [6.07, 6.45) is 1.68. The average Bonchev–Trinajstić information content (AvgIpc) is 3.11. The van der Waals surface area contributed by atoms with E-state index in [1.54, 1.807) is 30.5 Å². The van der Waals surface area contributed by atoms with Crippen molar-refractivity contribution in [1.29, 1.82) is 0 Å². The van der Waals surface area contributed by atoms with Crippen LogP contribution in [-0.4, -0.2) is 23.3 Å². The molecule has 0 bridgehead atoms. The molecule has 0 spiro atoms. The summed E-state index contributed by atoms with van der Waals surface area (Å²) >= 11 is 0. The first kappa shape index (κ1) is 20.7. The van der Waals surface area contributed by atoms with Crippen LogP contribution in [-0.2, 0) is 6.54 Å². The minimum Gasteiger partial charge on any atom is -0.493 e. The molecular formula is C26H27N3O2. The SMILES string of the molecule is CCn1c2ccccc2c2cc(/C=N/NC(=O)c3ccc(OCC(C)C)cc3)ccc21. The van der Waals surface area contributed by atoms with Gasteiger partial charge in [-0.25, -0.2) is 5.43 Å². The van der Waals surface area contributed by atoms with Gasteiger partial charge >= 0.3 is 0 Å². The molecule has 1 N–H and O–H groups in total. The van der Waals surface area contributed by atoms with Gasteiger partial charge in [0, 0.05) is 33.9 Å². The molecule has 4 aromatic rings. The number of aryl methyl sites for hydroxylation is 1. The Morgan fingerprint density at radius 2 is 1.77 bits per heavy atom. The molecule has 0 aliphatic carbocycles. The molecular weight excluding hydrogens is 386 g/mol. The van der Waals surface area contributed by atoms with Gasteiger partial charge in [0.15, 0.2) is 0 Å². The number of amides is 1. The molecule has 1 amide bonds. The Morgan fingerprint density at radius 1 is 1.03 bits per heavy atom. The van der Waals surface area contributed by atoms with E-state index in [0.29, 0.717) is 18.1 Å². The molecule has 0 fully saturated rings. The molecule has 158 valence electrons. The Labute approximate surface area is 182 Å². The first-order chi connectivity index (χ1) is 15.1. The Bertz CT molecular complexity index is 1240. The minimum absolute atomic E-state index is 0.254. The molecule has 4 rings (SSSR count). The van der Waals surface area contributed by atoms with Crippen LogP contribution in [0.15, 0.2) is 71.8 Å². The highest BCUT2D eigenvalue weighted by atomic mass is 16.5. The zero-order chi connectivity index (χ0) is 21.8. The van der Waals surface area contributed by atoms with E-state index in [-0.39, 0.29) is 5.91 Å². The van der Waals surface area contributed by atoms with Gasteiger partial charge in [-0.05, 0) is 60.9 Å². The van der Waals surface area contributed by atoms with Crippen LogP contribution in [0.4, 0.5) is 0 Å². The van der Waals surface area contributed by atoms with Crippen LogP contribution in [0.1, 0.15) is 36.7 Å². The van der Waals surface area contributed by atoms with Crippen LogP contribution in [0.25, 0.3) is 21.8 Å². The van der Waals surface area contributed by atoms with E-state index in [2.05, 4.69) is 72.3 Å². The molecule has 0 aliphatic heterocycles. The third-order valence-electron chi connectivity index (χ3n) is 5.19. The summed E-state index contributed by atoms with van der Waals surface area (Å²) in [4.78, 5) is 12.4. The highest BCUT2D eigenvalue weighted by Crippen LogP contribution is 2.29. The second-order valence-corrected chi connectivity index (χ2v) is 7.97. The largest absolute Gasteiger partial charge is 0.493 e. The fourth-order valence-corrected chi connectivity index (χ4v) is 3.69. The van der Waals surface area contributed by atoms with Gasteiger partial charge in [0.25, 0.3) is 5.91 Å². The maximum absolute atomic E-state index is 12.4. The molecule has 0 saturated heterocycles. The van der Waals surface area contributed by atoms with E-state index in [1.807, 2.05) is 6.07 Å². The van der Waals surface area contributed by atoms with E-state index >= 15 is 0 Å².